The van der Waals surface area contributed by atoms with Crippen molar-refractivity contribution in [2.24, 2.45) is 5.92 Å². The van der Waals surface area contributed by atoms with E-state index >= 15 is 0 Å². The van der Waals surface area contributed by atoms with E-state index in [-0.39, 0.29) is 23.9 Å². The van der Waals surface area contributed by atoms with Crippen LogP contribution >= 0.6 is 0 Å². The Labute approximate surface area is 167 Å². The van der Waals surface area contributed by atoms with E-state index in [1.54, 1.807) is 17.0 Å². The molecular weight excluding hydrogens is 357 g/mol. The first-order chi connectivity index (χ1) is 13.5. The lowest BCUT2D eigenvalue weighted by Gasteiger charge is -2.41. The van der Waals surface area contributed by atoms with E-state index in [9.17, 15) is 14.0 Å². The molecule has 3 rings (SSSR count). The highest BCUT2D eigenvalue weighted by molar-refractivity contribution is 5.94. The van der Waals surface area contributed by atoms with Crippen LogP contribution in [0.4, 0.5) is 4.39 Å². The summed E-state index contributed by atoms with van der Waals surface area (Å²) >= 11 is 0. The topological polar surface area (TPSA) is 52.7 Å². The van der Waals surface area contributed by atoms with Crippen LogP contribution in [0.1, 0.15) is 56.3 Å². The van der Waals surface area contributed by atoms with Gasteiger partial charge in [-0.15, -0.1) is 0 Å². The fourth-order valence-corrected chi connectivity index (χ4v) is 4.39. The summed E-state index contributed by atoms with van der Waals surface area (Å²) < 4.78 is 13.4. The second-order valence-corrected chi connectivity index (χ2v) is 8.15. The molecule has 2 atom stereocenters. The van der Waals surface area contributed by atoms with Gasteiger partial charge in [-0.1, -0.05) is 25.8 Å². The molecule has 0 unspecified atom stereocenters. The zero-order valence-electron chi connectivity index (χ0n) is 17.0. The van der Waals surface area contributed by atoms with Gasteiger partial charge in [0.25, 0.3) is 5.91 Å². The van der Waals surface area contributed by atoms with Gasteiger partial charge < -0.3 is 10.2 Å². The number of nitrogens with zero attached hydrogens (tertiary/aromatic N) is 2. The molecule has 6 heteroatoms. The smallest absolute Gasteiger partial charge is 0.254 e. The minimum Gasteiger partial charge on any atom is -0.352 e. The molecule has 1 aromatic carbocycles. The molecule has 1 aromatic rings. The van der Waals surface area contributed by atoms with Crippen LogP contribution in [0.5, 0.6) is 0 Å². The Kier molecular flexibility index (Phi) is 7.05. The summed E-state index contributed by atoms with van der Waals surface area (Å²) in [5, 5.41) is 3.17. The van der Waals surface area contributed by atoms with Gasteiger partial charge in [-0.2, -0.15) is 0 Å². The average Bonchev–Trinajstić information content (AvgIpc) is 3.22. The third-order valence-electron chi connectivity index (χ3n) is 6.18. The fraction of sp³-hybridized carbons (Fsp3) is 0.636. The van der Waals surface area contributed by atoms with E-state index in [1.807, 2.05) is 6.92 Å². The largest absolute Gasteiger partial charge is 0.352 e. The summed E-state index contributed by atoms with van der Waals surface area (Å²) in [4.78, 5) is 29.7. The molecule has 1 saturated heterocycles. The number of halogens is 1. The van der Waals surface area contributed by atoms with Gasteiger partial charge in [0.2, 0.25) is 5.91 Å². The van der Waals surface area contributed by atoms with Gasteiger partial charge in [0.1, 0.15) is 5.82 Å². The Bertz CT molecular complexity index is 682. The van der Waals surface area contributed by atoms with Gasteiger partial charge in [-0.25, -0.2) is 4.39 Å². The van der Waals surface area contributed by atoms with Crippen molar-refractivity contribution >= 4 is 11.8 Å². The average molecular weight is 390 g/mol. The highest BCUT2D eigenvalue weighted by atomic mass is 19.1. The van der Waals surface area contributed by atoms with Crippen LogP contribution < -0.4 is 5.32 Å². The third kappa shape index (κ3) is 4.90. The molecule has 1 aliphatic carbocycles. The van der Waals surface area contributed by atoms with Crippen LogP contribution in [0.25, 0.3) is 0 Å². The third-order valence-corrected chi connectivity index (χ3v) is 6.18. The zero-order valence-corrected chi connectivity index (χ0v) is 17.0. The molecule has 5 nitrogen and oxygen atoms in total. The second-order valence-electron chi connectivity index (χ2n) is 8.15. The highest BCUT2D eigenvalue weighted by Crippen LogP contribution is 2.31. The van der Waals surface area contributed by atoms with E-state index in [4.69, 9.17) is 0 Å². The number of amides is 2. The molecule has 154 valence electrons. The maximum Gasteiger partial charge on any atom is 0.254 e. The number of carbonyl (C=O) groups excluding carboxylic acids is 2. The predicted octanol–water partition coefficient (Wildman–Crippen LogP) is 3.06. The number of rotatable bonds is 6. The van der Waals surface area contributed by atoms with Crippen LogP contribution in [0.3, 0.4) is 0 Å². The first-order valence-corrected chi connectivity index (χ1v) is 10.6. The molecule has 28 heavy (non-hydrogen) atoms. The number of piperazine rings is 1. The van der Waals surface area contributed by atoms with Crippen molar-refractivity contribution in [2.45, 2.75) is 58.0 Å². The zero-order chi connectivity index (χ0) is 20.1. The van der Waals surface area contributed by atoms with E-state index in [0.717, 1.165) is 19.3 Å². The van der Waals surface area contributed by atoms with Crippen LogP contribution in [0, 0.1) is 11.7 Å². The van der Waals surface area contributed by atoms with Crippen molar-refractivity contribution in [3.8, 4) is 0 Å². The Morgan fingerprint density at radius 3 is 2.46 bits per heavy atom. The number of nitrogens with one attached hydrogen (secondary N) is 1. The highest BCUT2D eigenvalue weighted by Gasteiger charge is 2.37. The minimum atomic E-state index is -0.396. The lowest BCUT2D eigenvalue weighted by molar-refractivity contribution is -0.129. The van der Waals surface area contributed by atoms with Gasteiger partial charge in [0.15, 0.2) is 0 Å². The summed E-state index contributed by atoms with van der Waals surface area (Å²) in [7, 11) is 0. The molecule has 0 aromatic heterocycles. The van der Waals surface area contributed by atoms with Gasteiger partial charge >= 0.3 is 0 Å². The van der Waals surface area contributed by atoms with Crippen molar-refractivity contribution in [3.05, 3.63) is 35.6 Å². The lowest BCUT2D eigenvalue weighted by Crippen LogP contribution is -2.58. The van der Waals surface area contributed by atoms with Crippen molar-refractivity contribution in [1.29, 1.82) is 0 Å². The molecule has 1 saturated carbocycles. The summed E-state index contributed by atoms with van der Waals surface area (Å²) in [6.07, 6.45) is 5.49. The van der Waals surface area contributed by atoms with Gasteiger partial charge in [0, 0.05) is 37.8 Å². The van der Waals surface area contributed by atoms with Gasteiger partial charge in [0.05, 0.1) is 6.04 Å². The standard InChI is InChI=1S/C22H32FN3O2/c1-3-16(2)24-21(27)20(17-7-4-5-8-17)25-11-13-26(14-12-25)22(28)18-9-6-10-19(23)15-18/h6,9-10,15-17,20H,3-5,7-8,11-14H2,1-2H3,(H,24,27)/t16-,20+/m0/s1. The van der Waals surface area contributed by atoms with Crippen LogP contribution in [0.15, 0.2) is 24.3 Å². The van der Waals surface area contributed by atoms with E-state index in [2.05, 4.69) is 17.1 Å². The number of carbonyl (C=O) groups is 2. The summed E-state index contributed by atoms with van der Waals surface area (Å²) in [5.41, 5.74) is 0.385. The first kappa shape index (κ1) is 20.8. The normalized spacial score (nSPS) is 20.8. The summed E-state index contributed by atoms with van der Waals surface area (Å²) in [6, 6.07) is 5.91. The maximum absolute atomic E-state index is 13.4. The Hall–Kier alpha value is -1.95. The quantitative estimate of drug-likeness (QED) is 0.814. The molecule has 2 amide bonds. The molecule has 2 aliphatic rings. The minimum absolute atomic E-state index is 0.108. The molecule has 0 radical (unpaired) electrons. The molecule has 2 fully saturated rings. The molecule has 1 aliphatic heterocycles. The van der Waals surface area contributed by atoms with Crippen LogP contribution in [-0.4, -0.2) is 59.9 Å². The molecule has 0 spiro atoms. The van der Waals surface area contributed by atoms with Crippen LogP contribution in [-0.2, 0) is 4.79 Å². The van der Waals surface area contributed by atoms with Crippen molar-refractivity contribution in [3.63, 3.8) is 0 Å². The monoisotopic (exact) mass is 389 g/mol. The molecule has 0 bridgehead atoms. The number of benzene rings is 1. The van der Waals surface area contributed by atoms with Crippen LogP contribution in [0.2, 0.25) is 0 Å². The Morgan fingerprint density at radius 1 is 1.18 bits per heavy atom. The Morgan fingerprint density at radius 2 is 1.86 bits per heavy atom. The maximum atomic E-state index is 13.4. The molecular formula is C22H32FN3O2. The summed E-state index contributed by atoms with van der Waals surface area (Å²) in [5.74, 6) is -0.00574. The van der Waals surface area contributed by atoms with Crippen molar-refractivity contribution in [1.82, 2.24) is 15.1 Å². The number of hydrogen-bond acceptors (Lipinski definition) is 3. The van der Waals surface area contributed by atoms with E-state index in [0.29, 0.717) is 37.7 Å². The van der Waals surface area contributed by atoms with Gasteiger partial charge in [-0.05, 0) is 50.3 Å². The van der Waals surface area contributed by atoms with Gasteiger partial charge in [-0.3, -0.25) is 14.5 Å². The van der Waals surface area contributed by atoms with E-state index < -0.39 is 5.82 Å². The summed E-state index contributed by atoms with van der Waals surface area (Å²) in [6.45, 7) is 6.60. The Balaban J connectivity index is 1.64. The molecule has 1 N–H and O–H groups in total. The SMILES string of the molecule is CC[C@H](C)NC(=O)[C@@H](C1CCCC1)N1CCN(C(=O)c2cccc(F)c2)CC1. The predicted molar refractivity (Wildman–Crippen MR) is 108 cm³/mol. The van der Waals surface area contributed by atoms with Crippen molar-refractivity contribution < 1.29 is 14.0 Å². The fourth-order valence-electron chi connectivity index (χ4n) is 4.39. The first-order valence-electron chi connectivity index (χ1n) is 10.6. The van der Waals surface area contributed by atoms with Crippen molar-refractivity contribution in [2.75, 3.05) is 26.2 Å². The van der Waals surface area contributed by atoms with E-state index in [1.165, 1.54) is 25.0 Å². The molecule has 1 heterocycles. The second kappa shape index (κ2) is 9.50. The number of hydrogen-bond donors (Lipinski definition) is 1. The lowest BCUT2D eigenvalue weighted by atomic mass is 9.94.